The first-order chi connectivity index (χ1) is 8.78. The van der Waals surface area contributed by atoms with E-state index in [9.17, 15) is 0 Å². The Bertz CT molecular complexity index is 541. The molecule has 0 atom stereocenters. The number of rotatable bonds is 4. The van der Waals surface area contributed by atoms with E-state index < -0.39 is 0 Å². The number of hydrogen-bond acceptors (Lipinski definition) is 3. The summed E-state index contributed by atoms with van der Waals surface area (Å²) in [6, 6.07) is 14.0. The molecule has 0 bridgehead atoms. The van der Waals surface area contributed by atoms with Crippen LogP contribution in [0.2, 0.25) is 0 Å². The first kappa shape index (κ1) is 12.6. The summed E-state index contributed by atoms with van der Waals surface area (Å²) >= 11 is 3.35. The average Bonchev–Trinajstić information content (AvgIpc) is 2.40. The van der Waals surface area contributed by atoms with E-state index in [4.69, 9.17) is 5.26 Å². The van der Waals surface area contributed by atoms with Gasteiger partial charge in [0.1, 0.15) is 0 Å². The van der Waals surface area contributed by atoms with Gasteiger partial charge in [0.05, 0.1) is 24.7 Å². The highest BCUT2D eigenvalue weighted by Gasteiger charge is 1.96. The summed E-state index contributed by atoms with van der Waals surface area (Å²) in [5.74, 6) is 0. The maximum atomic E-state index is 8.59. The van der Waals surface area contributed by atoms with Crippen molar-refractivity contribution in [2.75, 3.05) is 5.32 Å². The summed E-state index contributed by atoms with van der Waals surface area (Å²) in [7, 11) is 0. The summed E-state index contributed by atoms with van der Waals surface area (Å²) in [5.41, 5.74) is 3.05. The molecule has 4 heteroatoms. The first-order valence-electron chi connectivity index (χ1n) is 5.58. The van der Waals surface area contributed by atoms with Crippen LogP contribution in [0.4, 0.5) is 5.69 Å². The van der Waals surface area contributed by atoms with Crippen molar-refractivity contribution in [3.63, 3.8) is 0 Å². The summed E-state index contributed by atoms with van der Waals surface area (Å²) in [6.45, 7) is 0.685. The Kier molecular flexibility index (Phi) is 4.32. The molecule has 0 aliphatic heterocycles. The Hall–Kier alpha value is -1.86. The highest BCUT2D eigenvalue weighted by molar-refractivity contribution is 9.10. The van der Waals surface area contributed by atoms with Crippen molar-refractivity contribution >= 4 is 21.6 Å². The minimum absolute atomic E-state index is 0.453. The maximum Gasteiger partial charge on any atom is 0.0669 e. The van der Waals surface area contributed by atoms with E-state index in [0.717, 1.165) is 21.4 Å². The van der Waals surface area contributed by atoms with Crippen LogP contribution in [0.25, 0.3) is 0 Å². The van der Waals surface area contributed by atoms with E-state index in [1.54, 1.807) is 6.20 Å². The molecule has 1 aromatic carbocycles. The Morgan fingerprint density at radius 3 is 2.56 bits per heavy atom. The number of nitriles is 1. The smallest absolute Gasteiger partial charge is 0.0669 e. The molecular weight excluding hydrogens is 290 g/mol. The fourth-order valence-corrected chi connectivity index (χ4v) is 1.77. The van der Waals surface area contributed by atoms with E-state index in [-0.39, 0.29) is 0 Å². The molecule has 0 radical (unpaired) electrons. The molecule has 0 aliphatic rings. The monoisotopic (exact) mass is 301 g/mol. The molecule has 3 nitrogen and oxygen atoms in total. The predicted octanol–water partition coefficient (Wildman–Crippen LogP) is 3.52. The normalized spacial score (nSPS) is 9.78. The number of nitrogens with zero attached hydrogens (tertiary/aromatic N) is 2. The van der Waals surface area contributed by atoms with Crippen molar-refractivity contribution in [3.05, 3.63) is 58.3 Å². The van der Waals surface area contributed by atoms with Crippen LogP contribution >= 0.6 is 15.9 Å². The van der Waals surface area contributed by atoms with Crippen molar-refractivity contribution in [3.8, 4) is 6.07 Å². The largest absolute Gasteiger partial charge is 0.379 e. The number of aromatic nitrogens is 1. The number of hydrogen-bond donors (Lipinski definition) is 1. The van der Waals surface area contributed by atoms with Crippen LogP contribution < -0.4 is 5.32 Å². The number of pyridine rings is 1. The van der Waals surface area contributed by atoms with Crippen LogP contribution in [-0.4, -0.2) is 4.98 Å². The van der Waals surface area contributed by atoms with Crippen LogP contribution in [0.15, 0.2) is 47.1 Å². The summed E-state index contributed by atoms with van der Waals surface area (Å²) in [6.07, 6.45) is 2.24. The van der Waals surface area contributed by atoms with Gasteiger partial charge in [-0.3, -0.25) is 4.98 Å². The van der Waals surface area contributed by atoms with Crippen molar-refractivity contribution in [1.82, 2.24) is 4.98 Å². The summed E-state index contributed by atoms with van der Waals surface area (Å²) < 4.78 is 0.979. The molecule has 0 aliphatic carbocycles. The van der Waals surface area contributed by atoms with Gasteiger partial charge in [0.2, 0.25) is 0 Å². The van der Waals surface area contributed by atoms with E-state index in [2.05, 4.69) is 32.3 Å². The molecule has 0 spiro atoms. The molecule has 2 rings (SSSR count). The zero-order valence-corrected chi connectivity index (χ0v) is 11.3. The third-order valence-corrected chi connectivity index (χ3v) is 2.97. The van der Waals surface area contributed by atoms with Gasteiger partial charge in [-0.1, -0.05) is 12.1 Å². The van der Waals surface area contributed by atoms with E-state index >= 15 is 0 Å². The molecule has 90 valence electrons. The average molecular weight is 302 g/mol. The fraction of sp³-hybridized carbons (Fsp3) is 0.143. The lowest BCUT2D eigenvalue weighted by Gasteiger charge is -2.06. The van der Waals surface area contributed by atoms with Crippen LogP contribution in [0.3, 0.4) is 0 Å². The molecule has 1 N–H and O–H groups in total. The first-order valence-corrected chi connectivity index (χ1v) is 6.37. The number of halogens is 1. The van der Waals surface area contributed by atoms with E-state index in [0.29, 0.717) is 13.0 Å². The van der Waals surface area contributed by atoms with Gasteiger partial charge < -0.3 is 5.32 Å². The molecule has 0 amide bonds. The minimum Gasteiger partial charge on any atom is -0.379 e. The van der Waals surface area contributed by atoms with Gasteiger partial charge in [-0.05, 0) is 45.8 Å². The van der Waals surface area contributed by atoms with Crippen molar-refractivity contribution in [1.29, 1.82) is 5.26 Å². The van der Waals surface area contributed by atoms with Gasteiger partial charge in [0.15, 0.2) is 0 Å². The molecule has 0 saturated heterocycles. The number of nitrogens with one attached hydrogen (secondary N) is 1. The van der Waals surface area contributed by atoms with Gasteiger partial charge in [-0.25, -0.2) is 0 Å². The number of benzene rings is 1. The van der Waals surface area contributed by atoms with Gasteiger partial charge in [-0.15, -0.1) is 0 Å². The Balaban J connectivity index is 1.94. The minimum atomic E-state index is 0.453. The lowest BCUT2D eigenvalue weighted by atomic mass is 10.1. The number of anilines is 1. The van der Waals surface area contributed by atoms with E-state index in [1.165, 1.54) is 0 Å². The Labute approximate surface area is 115 Å². The van der Waals surface area contributed by atoms with Crippen molar-refractivity contribution < 1.29 is 0 Å². The summed E-state index contributed by atoms with van der Waals surface area (Å²) in [4.78, 5) is 4.29. The maximum absolute atomic E-state index is 8.59. The second kappa shape index (κ2) is 6.18. The fourth-order valence-electron chi connectivity index (χ4n) is 1.54. The topological polar surface area (TPSA) is 48.7 Å². The van der Waals surface area contributed by atoms with Crippen LogP contribution in [0, 0.1) is 11.3 Å². The molecule has 2 aromatic rings. The third-order valence-electron chi connectivity index (χ3n) is 2.50. The van der Waals surface area contributed by atoms with Gasteiger partial charge >= 0.3 is 0 Å². The van der Waals surface area contributed by atoms with Crippen molar-refractivity contribution in [2.24, 2.45) is 0 Å². The highest BCUT2D eigenvalue weighted by atomic mass is 79.9. The van der Waals surface area contributed by atoms with Crippen molar-refractivity contribution in [2.45, 2.75) is 13.0 Å². The lowest BCUT2D eigenvalue weighted by molar-refractivity contribution is 1.04. The molecule has 0 saturated carbocycles. The third kappa shape index (κ3) is 3.57. The Morgan fingerprint density at radius 1 is 1.17 bits per heavy atom. The second-order valence-electron chi connectivity index (χ2n) is 3.85. The molecule has 18 heavy (non-hydrogen) atoms. The summed E-state index contributed by atoms with van der Waals surface area (Å²) in [5, 5.41) is 11.9. The second-order valence-corrected chi connectivity index (χ2v) is 4.77. The molecule has 0 unspecified atom stereocenters. The van der Waals surface area contributed by atoms with Crippen LogP contribution in [-0.2, 0) is 13.0 Å². The quantitative estimate of drug-likeness (QED) is 0.940. The molecule has 1 heterocycles. The van der Waals surface area contributed by atoms with Crippen LogP contribution in [0.5, 0.6) is 0 Å². The lowest BCUT2D eigenvalue weighted by Crippen LogP contribution is -2.01. The zero-order chi connectivity index (χ0) is 12.8. The van der Waals surface area contributed by atoms with Gasteiger partial charge in [0.25, 0.3) is 0 Å². The standard InChI is InChI=1S/C14H12BrN3/c15-12-3-6-14(17-9-12)10-18-13-4-1-11(2-5-13)7-8-16/h1-6,9,18H,7,10H2. The molecule has 0 fully saturated rings. The van der Waals surface area contributed by atoms with E-state index in [1.807, 2.05) is 36.4 Å². The molecule has 1 aromatic heterocycles. The predicted molar refractivity (Wildman–Crippen MR) is 75.0 cm³/mol. The SMILES string of the molecule is N#CCc1ccc(NCc2ccc(Br)cn2)cc1. The van der Waals surface area contributed by atoms with Gasteiger partial charge in [0, 0.05) is 16.4 Å². The zero-order valence-electron chi connectivity index (χ0n) is 9.73. The highest BCUT2D eigenvalue weighted by Crippen LogP contribution is 2.12. The Morgan fingerprint density at radius 2 is 1.94 bits per heavy atom. The van der Waals surface area contributed by atoms with Crippen LogP contribution in [0.1, 0.15) is 11.3 Å². The van der Waals surface area contributed by atoms with Gasteiger partial charge in [-0.2, -0.15) is 5.26 Å². The molecular formula is C14H12BrN3.